The Morgan fingerprint density at radius 3 is 2.81 bits per heavy atom. The van der Waals surface area contributed by atoms with E-state index >= 15 is 0 Å². The number of hydrogen-bond donors (Lipinski definition) is 0. The fraction of sp³-hybridized carbons (Fsp3) is 0.529. The first-order valence-corrected chi connectivity index (χ1v) is 7.56. The van der Waals surface area contributed by atoms with Crippen LogP contribution in [0.3, 0.4) is 0 Å². The van der Waals surface area contributed by atoms with Crippen LogP contribution in [-0.4, -0.2) is 36.5 Å². The fourth-order valence-corrected chi connectivity index (χ4v) is 2.77. The van der Waals surface area contributed by atoms with E-state index < -0.39 is 0 Å². The maximum Gasteiger partial charge on any atom is 0.310 e. The Balaban J connectivity index is 2.12. The monoisotopic (exact) mass is 289 g/mol. The van der Waals surface area contributed by atoms with E-state index in [4.69, 9.17) is 4.74 Å². The topological polar surface area (TPSA) is 46.6 Å². The average molecular weight is 289 g/mol. The van der Waals surface area contributed by atoms with E-state index in [0.717, 1.165) is 29.5 Å². The van der Waals surface area contributed by atoms with Gasteiger partial charge in [0.1, 0.15) is 0 Å². The third-order valence-electron chi connectivity index (χ3n) is 4.16. The molecule has 21 heavy (non-hydrogen) atoms. The highest BCUT2D eigenvalue weighted by atomic mass is 16.5. The lowest BCUT2D eigenvalue weighted by Crippen LogP contribution is -2.43. The molecule has 1 saturated heterocycles. The number of hydrogen-bond acceptors (Lipinski definition) is 3. The summed E-state index contributed by atoms with van der Waals surface area (Å²) in [5.41, 5.74) is 2.86. The minimum atomic E-state index is -0.187. The fourth-order valence-electron chi connectivity index (χ4n) is 2.77. The maximum atomic E-state index is 12.7. The Morgan fingerprint density at radius 2 is 2.10 bits per heavy atom. The molecule has 1 aromatic carbocycles. The molecule has 0 spiro atoms. The first-order valence-electron chi connectivity index (χ1n) is 7.56. The van der Waals surface area contributed by atoms with Crippen LogP contribution in [0.5, 0.6) is 0 Å². The zero-order valence-corrected chi connectivity index (χ0v) is 13.0. The second-order valence-corrected chi connectivity index (χ2v) is 5.59. The molecule has 4 nitrogen and oxygen atoms in total. The normalized spacial score (nSPS) is 18.4. The highest BCUT2D eigenvalue weighted by Gasteiger charge is 2.30. The summed E-state index contributed by atoms with van der Waals surface area (Å²) in [6.07, 6.45) is 1.65. The summed E-state index contributed by atoms with van der Waals surface area (Å²) in [6.45, 7) is 7.34. The van der Waals surface area contributed by atoms with Gasteiger partial charge in [-0.05, 0) is 50.8 Å². The molecule has 1 atom stereocenters. The van der Waals surface area contributed by atoms with E-state index in [9.17, 15) is 9.59 Å². The van der Waals surface area contributed by atoms with Crippen molar-refractivity contribution in [1.29, 1.82) is 0 Å². The summed E-state index contributed by atoms with van der Waals surface area (Å²) in [5, 5.41) is 0. The Bertz CT molecular complexity index is 539. The number of benzene rings is 1. The molecule has 0 aliphatic carbocycles. The first kappa shape index (κ1) is 15.5. The van der Waals surface area contributed by atoms with Crippen molar-refractivity contribution in [3.05, 3.63) is 34.9 Å². The number of likely N-dealkylation sites (tertiary alicyclic amines) is 1. The molecular formula is C17H23NO3. The summed E-state index contributed by atoms with van der Waals surface area (Å²) in [4.78, 5) is 26.3. The Labute approximate surface area is 126 Å². The molecular weight excluding hydrogens is 266 g/mol. The Hall–Kier alpha value is -1.84. The number of amides is 1. The van der Waals surface area contributed by atoms with Crippen LogP contribution >= 0.6 is 0 Å². The molecule has 1 heterocycles. The van der Waals surface area contributed by atoms with E-state index in [0.29, 0.717) is 19.7 Å². The molecule has 0 saturated carbocycles. The van der Waals surface area contributed by atoms with E-state index in [1.165, 1.54) is 0 Å². The molecule has 0 N–H and O–H groups in total. The zero-order chi connectivity index (χ0) is 15.4. The minimum Gasteiger partial charge on any atom is -0.466 e. The van der Waals surface area contributed by atoms with Crippen LogP contribution in [0.1, 0.15) is 41.3 Å². The highest BCUT2D eigenvalue weighted by Crippen LogP contribution is 2.22. The molecule has 0 bridgehead atoms. The minimum absolute atomic E-state index is 0.0187. The van der Waals surface area contributed by atoms with Crippen molar-refractivity contribution >= 4 is 11.9 Å². The van der Waals surface area contributed by atoms with E-state index in [2.05, 4.69) is 0 Å². The zero-order valence-electron chi connectivity index (χ0n) is 13.0. The van der Waals surface area contributed by atoms with Crippen LogP contribution in [0, 0.1) is 19.8 Å². The van der Waals surface area contributed by atoms with Crippen molar-refractivity contribution in [3.8, 4) is 0 Å². The van der Waals surface area contributed by atoms with Crippen LogP contribution < -0.4 is 0 Å². The lowest BCUT2D eigenvalue weighted by atomic mass is 9.96. The van der Waals surface area contributed by atoms with Gasteiger partial charge in [-0.2, -0.15) is 0 Å². The van der Waals surface area contributed by atoms with E-state index in [1.54, 1.807) is 11.8 Å². The summed E-state index contributed by atoms with van der Waals surface area (Å²) in [5.74, 6) is -0.353. The molecule has 2 rings (SSSR count). The molecule has 4 heteroatoms. The van der Waals surface area contributed by atoms with Gasteiger partial charge in [0.05, 0.1) is 12.5 Å². The van der Waals surface area contributed by atoms with E-state index in [1.807, 2.05) is 32.0 Å². The van der Waals surface area contributed by atoms with Crippen LogP contribution in [0.15, 0.2) is 18.2 Å². The number of piperidine rings is 1. The summed E-state index contributed by atoms with van der Waals surface area (Å²) in [6, 6.07) is 5.77. The van der Waals surface area contributed by atoms with Crippen LogP contribution in [0.2, 0.25) is 0 Å². The molecule has 0 aromatic heterocycles. The van der Waals surface area contributed by atoms with Gasteiger partial charge in [0.2, 0.25) is 0 Å². The Morgan fingerprint density at radius 1 is 1.33 bits per heavy atom. The number of esters is 1. The number of nitrogens with zero attached hydrogens (tertiary/aromatic N) is 1. The molecule has 0 unspecified atom stereocenters. The summed E-state index contributed by atoms with van der Waals surface area (Å²) < 4.78 is 5.08. The number of rotatable bonds is 3. The van der Waals surface area contributed by atoms with Gasteiger partial charge in [0.25, 0.3) is 5.91 Å². The van der Waals surface area contributed by atoms with Gasteiger partial charge in [-0.25, -0.2) is 0 Å². The van der Waals surface area contributed by atoms with Crippen molar-refractivity contribution in [3.63, 3.8) is 0 Å². The van der Waals surface area contributed by atoms with Gasteiger partial charge in [-0.15, -0.1) is 0 Å². The SMILES string of the molecule is CCOC(=O)[C@H]1CCCN(C(=O)c2cccc(C)c2C)C1. The third-order valence-corrected chi connectivity index (χ3v) is 4.16. The second-order valence-electron chi connectivity index (χ2n) is 5.59. The lowest BCUT2D eigenvalue weighted by molar-refractivity contribution is -0.149. The van der Waals surface area contributed by atoms with Crippen LogP contribution in [0.4, 0.5) is 0 Å². The standard InChI is InChI=1S/C17H23NO3/c1-4-21-17(20)14-8-6-10-18(11-14)16(19)15-9-5-7-12(2)13(15)3/h5,7,9,14H,4,6,8,10-11H2,1-3H3/t14-/m0/s1. The van der Waals surface area contributed by atoms with Gasteiger partial charge in [0.15, 0.2) is 0 Å². The number of carbonyl (C=O) groups excluding carboxylic acids is 2. The number of aryl methyl sites for hydroxylation is 1. The highest BCUT2D eigenvalue weighted by molar-refractivity contribution is 5.96. The first-order chi connectivity index (χ1) is 10.0. The van der Waals surface area contributed by atoms with Gasteiger partial charge < -0.3 is 9.64 Å². The maximum absolute atomic E-state index is 12.7. The lowest BCUT2D eigenvalue weighted by Gasteiger charge is -2.32. The van der Waals surface area contributed by atoms with Gasteiger partial charge in [-0.3, -0.25) is 9.59 Å². The van der Waals surface area contributed by atoms with Gasteiger partial charge >= 0.3 is 5.97 Å². The summed E-state index contributed by atoms with van der Waals surface area (Å²) in [7, 11) is 0. The third kappa shape index (κ3) is 3.43. The van der Waals surface area contributed by atoms with Crippen molar-refractivity contribution in [2.75, 3.05) is 19.7 Å². The quantitative estimate of drug-likeness (QED) is 0.804. The van der Waals surface area contributed by atoms with Crippen molar-refractivity contribution in [2.45, 2.75) is 33.6 Å². The molecule has 1 aliphatic rings. The molecule has 114 valence electrons. The molecule has 0 radical (unpaired) electrons. The van der Waals surface area contributed by atoms with Crippen LogP contribution in [0.25, 0.3) is 0 Å². The predicted octanol–water partition coefficient (Wildman–Crippen LogP) is 2.72. The second kappa shape index (κ2) is 6.74. The van der Waals surface area contributed by atoms with Crippen molar-refractivity contribution < 1.29 is 14.3 Å². The Kier molecular flexibility index (Phi) is 4.99. The number of carbonyl (C=O) groups is 2. The summed E-state index contributed by atoms with van der Waals surface area (Å²) >= 11 is 0. The van der Waals surface area contributed by atoms with Crippen molar-refractivity contribution in [2.24, 2.45) is 5.92 Å². The predicted molar refractivity (Wildman–Crippen MR) is 81.2 cm³/mol. The van der Waals surface area contributed by atoms with Crippen molar-refractivity contribution in [1.82, 2.24) is 4.90 Å². The smallest absolute Gasteiger partial charge is 0.310 e. The largest absolute Gasteiger partial charge is 0.466 e. The average Bonchev–Trinajstić information content (AvgIpc) is 2.50. The molecule has 1 amide bonds. The molecule has 1 aromatic rings. The van der Waals surface area contributed by atoms with Gasteiger partial charge in [0, 0.05) is 18.7 Å². The molecule has 1 fully saturated rings. The van der Waals surface area contributed by atoms with Gasteiger partial charge in [-0.1, -0.05) is 12.1 Å². The molecule has 1 aliphatic heterocycles. The van der Waals surface area contributed by atoms with Crippen LogP contribution in [-0.2, 0) is 9.53 Å². The number of ether oxygens (including phenoxy) is 1. The van der Waals surface area contributed by atoms with E-state index in [-0.39, 0.29) is 17.8 Å².